The first kappa shape index (κ1) is 16.2. The highest BCUT2D eigenvalue weighted by molar-refractivity contribution is 7.11. The number of amides is 1. The fourth-order valence-corrected chi connectivity index (χ4v) is 3.80. The average molecular weight is 333 g/mol. The van der Waals surface area contributed by atoms with Crippen molar-refractivity contribution in [3.63, 3.8) is 0 Å². The molecule has 116 valence electrons. The van der Waals surface area contributed by atoms with E-state index in [2.05, 4.69) is 4.98 Å². The van der Waals surface area contributed by atoms with Crippen molar-refractivity contribution in [3.05, 3.63) is 16.1 Å². The molecule has 1 aromatic rings. The van der Waals surface area contributed by atoms with Crippen LogP contribution in [0.5, 0.6) is 0 Å². The fourth-order valence-electron chi connectivity index (χ4n) is 3.03. The van der Waals surface area contributed by atoms with E-state index in [1.165, 1.54) is 18.4 Å². The number of methoxy groups -OCH3 is 1. The van der Waals surface area contributed by atoms with Gasteiger partial charge in [-0.05, 0) is 6.92 Å². The number of hydrogen-bond donors (Lipinski definition) is 0. The standard InChI is InChI=1S/C13H16N2O4S.ClH/c1-8-10(20-7-14-8)11(16)15-3-9-4-19-6-13(9,5-15)12(17)18-2;/h7,9H,3-6H2,1-2H3;1H/t9-,13-;/m0./s1. The second-order valence-corrected chi connectivity index (χ2v) is 6.17. The fraction of sp³-hybridized carbons (Fsp3) is 0.615. The lowest BCUT2D eigenvalue weighted by molar-refractivity contribution is -0.153. The van der Waals surface area contributed by atoms with Gasteiger partial charge in [-0.3, -0.25) is 9.59 Å². The van der Waals surface area contributed by atoms with Gasteiger partial charge in [-0.25, -0.2) is 4.98 Å². The third-order valence-electron chi connectivity index (χ3n) is 4.19. The van der Waals surface area contributed by atoms with Crippen LogP contribution in [-0.4, -0.2) is 55.2 Å². The van der Waals surface area contributed by atoms with E-state index in [1.807, 2.05) is 6.92 Å². The maximum absolute atomic E-state index is 12.5. The molecule has 0 unspecified atom stereocenters. The van der Waals surface area contributed by atoms with Crippen LogP contribution >= 0.6 is 23.7 Å². The zero-order valence-corrected chi connectivity index (χ0v) is 13.5. The zero-order chi connectivity index (χ0) is 14.3. The largest absolute Gasteiger partial charge is 0.468 e. The number of carbonyl (C=O) groups excluding carboxylic acids is 2. The molecule has 0 spiro atoms. The Morgan fingerprint density at radius 1 is 1.57 bits per heavy atom. The van der Waals surface area contributed by atoms with Gasteiger partial charge in [0.2, 0.25) is 0 Å². The minimum Gasteiger partial charge on any atom is -0.468 e. The van der Waals surface area contributed by atoms with Crippen LogP contribution in [0, 0.1) is 18.3 Å². The van der Waals surface area contributed by atoms with E-state index >= 15 is 0 Å². The number of carbonyl (C=O) groups is 2. The molecule has 6 nitrogen and oxygen atoms in total. The molecule has 0 N–H and O–H groups in total. The SMILES string of the molecule is COC(=O)[C@@]12COC[C@@H]1CN(C(=O)c1scnc1C)C2.Cl. The summed E-state index contributed by atoms with van der Waals surface area (Å²) in [7, 11) is 1.38. The van der Waals surface area contributed by atoms with E-state index in [4.69, 9.17) is 9.47 Å². The quantitative estimate of drug-likeness (QED) is 0.760. The molecule has 1 amide bonds. The number of nitrogens with zero attached hydrogens (tertiary/aromatic N) is 2. The lowest BCUT2D eigenvalue weighted by Crippen LogP contribution is -2.41. The Kier molecular flexibility index (Phi) is 4.55. The molecule has 3 rings (SSSR count). The molecule has 2 saturated heterocycles. The molecule has 21 heavy (non-hydrogen) atoms. The van der Waals surface area contributed by atoms with Crippen molar-refractivity contribution in [2.45, 2.75) is 6.92 Å². The summed E-state index contributed by atoms with van der Waals surface area (Å²) in [6.07, 6.45) is 0. The summed E-state index contributed by atoms with van der Waals surface area (Å²) in [4.78, 5) is 31.1. The third-order valence-corrected chi connectivity index (χ3v) is 5.11. The lowest BCUT2D eigenvalue weighted by Gasteiger charge is -2.23. The van der Waals surface area contributed by atoms with Crippen molar-refractivity contribution in [2.75, 3.05) is 33.4 Å². The molecule has 0 bridgehead atoms. The van der Waals surface area contributed by atoms with Gasteiger partial charge in [0.25, 0.3) is 5.91 Å². The monoisotopic (exact) mass is 332 g/mol. The Morgan fingerprint density at radius 3 is 2.95 bits per heavy atom. The molecule has 0 radical (unpaired) electrons. The Labute approximate surface area is 132 Å². The Bertz CT molecular complexity index is 564. The molecule has 3 heterocycles. The van der Waals surface area contributed by atoms with Crippen molar-refractivity contribution in [1.29, 1.82) is 0 Å². The topological polar surface area (TPSA) is 68.7 Å². The van der Waals surface area contributed by atoms with Crippen LogP contribution in [0.4, 0.5) is 0 Å². The summed E-state index contributed by atoms with van der Waals surface area (Å²) in [6, 6.07) is 0. The van der Waals surface area contributed by atoms with Gasteiger partial charge in [0.1, 0.15) is 10.3 Å². The van der Waals surface area contributed by atoms with Crippen molar-refractivity contribution in [1.82, 2.24) is 9.88 Å². The number of rotatable bonds is 2. The number of halogens is 1. The minimum atomic E-state index is -0.691. The van der Waals surface area contributed by atoms with E-state index < -0.39 is 5.41 Å². The number of esters is 1. The average Bonchev–Trinajstić information content (AvgIpc) is 3.10. The summed E-state index contributed by atoms with van der Waals surface area (Å²) >= 11 is 1.34. The molecule has 2 aliphatic rings. The highest BCUT2D eigenvalue weighted by Gasteiger charge is 2.57. The summed E-state index contributed by atoms with van der Waals surface area (Å²) in [5.41, 5.74) is 1.71. The number of ether oxygens (including phenoxy) is 2. The second-order valence-electron chi connectivity index (χ2n) is 5.31. The summed E-state index contributed by atoms with van der Waals surface area (Å²) < 4.78 is 10.3. The van der Waals surface area contributed by atoms with Crippen LogP contribution < -0.4 is 0 Å². The lowest BCUT2D eigenvalue weighted by atomic mass is 9.81. The first-order valence-corrected chi connectivity index (χ1v) is 7.32. The molecule has 2 fully saturated rings. The maximum Gasteiger partial charge on any atom is 0.316 e. The third kappa shape index (κ3) is 2.43. The maximum atomic E-state index is 12.5. The zero-order valence-electron chi connectivity index (χ0n) is 11.8. The number of hydrogen-bond acceptors (Lipinski definition) is 6. The van der Waals surface area contributed by atoms with Crippen molar-refractivity contribution < 1.29 is 19.1 Å². The van der Waals surface area contributed by atoms with Gasteiger partial charge in [0.05, 0.1) is 31.5 Å². The van der Waals surface area contributed by atoms with Crippen molar-refractivity contribution in [3.8, 4) is 0 Å². The van der Waals surface area contributed by atoms with E-state index in [1.54, 1.807) is 10.4 Å². The number of likely N-dealkylation sites (tertiary alicyclic amines) is 1. The van der Waals surface area contributed by atoms with Crippen LogP contribution in [0.3, 0.4) is 0 Å². The molecule has 0 aromatic carbocycles. The molecule has 0 aliphatic carbocycles. The normalized spacial score (nSPS) is 27.1. The van der Waals surface area contributed by atoms with Gasteiger partial charge in [-0.2, -0.15) is 0 Å². The Balaban J connectivity index is 0.00000161. The number of fused-ring (bicyclic) bond motifs is 1. The first-order valence-electron chi connectivity index (χ1n) is 6.44. The van der Waals surface area contributed by atoms with Gasteiger partial charge in [-0.15, -0.1) is 23.7 Å². The van der Waals surface area contributed by atoms with Crippen molar-refractivity contribution in [2.24, 2.45) is 11.3 Å². The van der Waals surface area contributed by atoms with Crippen LogP contribution in [0.15, 0.2) is 5.51 Å². The van der Waals surface area contributed by atoms with Crippen LogP contribution in [0.1, 0.15) is 15.4 Å². The summed E-state index contributed by atoms with van der Waals surface area (Å²) in [5, 5.41) is 0. The van der Waals surface area contributed by atoms with E-state index in [-0.39, 0.29) is 30.2 Å². The number of thiazole rings is 1. The summed E-state index contributed by atoms with van der Waals surface area (Å²) in [5.74, 6) is -0.314. The highest BCUT2D eigenvalue weighted by Crippen LogP contribution is 2.42. The predicted molar refractivity (Wildman–Crippen MR) is 78.8 cm³/mol. The predicted octanol–water partition coefficient (Wildman–Crippen LogP) is 1.13. The highest BCUT2D eigenvalue weighted by atomic mass is 35.5. The van der Waals surface area contributed by atoms with Gasteiger partial charge >= 0.3 is 5.97 Å². The molecule has 2 aliphatic heterocycles. The Morgan fingerprint density at radius 2 is 2.33 bits per heavy atom. The molecule has 1 aromatic heterocycles. The van der Waals surface area contributed by atoms with Crippen LogP contribution in [0.2, 0.25) is 0 Å². The summed E-state index contributed by atoms with van der Waals surface area (Å²) in [6.45, 7) is 3.54. The van der Waals surface area contributed by atoms with Gasteiger partial charge < -0.3 is 14.4 Å². The van der Waals surface area contributed by atoms with E-state index in [0.717, 1.165) is 5.69 Å². The van der Waals surface area contributed by atoms with Crippen LogP contribution in [-0.2, 0) is 14.3 Å². The minimum absolute atomic E-state index is 0. The smallest absolute Gasteiger partial charge is 0.316 e. The molecule has 2 atom stereocenters. The van der Waals surface area contributed by atoms with Gasteiger partial charge in [-0.1, -0.05) is 0 Å². The molecular weight excluding hydrogens is 316 g/mol. The Hall–Kier alpha value is -1.18. The molecular formula is C13H17ClN2O4S. The number of aryl methyl sites for hydroxylation is 1. The van der Waals surface area contributed by atoms with Crippen LogP contribution in [0.25, 0.3) is 0 Å². The van der Waals surface area contributed by atoms with E-state index in [0.29, 0.717) is 31.2 Å². The van der Waals surface area contributed by atoms with Gasteiger partial charge in [0, 0.05) is 19.0 Å². The number of aromatic nitrogens is 1. The molecule has 0 saturated carbocycles. The van der Waals surface area contributed by atoms with Gasteiger partial charge in [0.15, 0.2) is 0 Å². The second kappa shape index (κ2) is 5.90. The first-order chi connectivity index (χ1) is 9.58. The van der Waals surface area contributed by atoms with E-state index in [9.17, 15) is 9.59 Å². The molecule has 8 heteroatoms. The van der Waals surface area contributed by atoms with Crippen molar-refractivity contribution >= 4 is 35.6 Å².